The molecule has 2 aliphatic rings. The van der Waals surface area contributed by atoms with Gasteiger partial charge in [0, 0.05) is 42.5 Å². The fourth-order valence-electron chi connectivity index (χ4n) is 4.65. The number of esters is 1. The van der Waals surface area contributed by atoms with E-state index in [0.717, 1.165) is 18.5 Å². The third kappa shape index (κ3) is 4.54. The normalized spacial score (nSPS) is 18.1. The van der Waals surface area contributed by atoms with Gasteiger partial charge in [0.15, 0.2) is 6.61 Å². The van der Waals surface area contributed by atoms with Gasteiger partial charge in [-0.25, -0.2) is 4.39 Å². The number of carbonyl (C=O) groups is 2. The number of anilines is 1. The second-order valence-corrected chi connectivity index (χ2v) is 8.63. The Bertz CT molecular complexity index is 953. The van der Waals surface area contributed by atoms with Crippen molar-refractivity contribution in [3.63, 3.8) is 0 Å². The predicted octanol–water partition coefficient (Wildman–Crippen LogP) is 4.18. The molecule has 7 heteroatoms. The molecule has 1 saturated carbocycles. The Morgan fingerprint density at radius 2 is 1.71 bits per heavy atom. The van der Waals surface area contributed by atoms with Crippen LogP contribution in [0.1, 0.15) is 31.2 Å². The molecule has 0 N–H and O–H groups in total. The minimum absolute atomic E-state index is 0.222. The predicted molar refractivity (Wildman–Crippen MR) is 118 cm³/mol. The Morgan fingerprint density at radius 3 is 2.39 bits per heavy atom. The van der Waals surface area contributed by atoms with Crippen LogP contribution < -0.4 is 4.90 Å². The molecule has 0 atom stereocenters. The highest BCUT2D eigenvalue weighted by Gasteiger charge is 2.46. The molecule has 2 fully saturated rings. The summed E-state index contributed by atoms with van der Waals surface area (Å²) in [6.07, 6.45) is 2.75. The molecule has 4 rings (SSSR count). The van der Waals surface area contributed by atoms with Crippen LogP contribution in [0.4, 0.5) is 10.1 Å². The SMILES string of the molecule is O=C(COC(=O)C1(c2ccccc2F)CCCC1)N1CCN(c2cccc(Cl)c2)CC1. The fourth-order valence-corrected chi connectivity index (χ4v) is 4.84. The summed E-state index contributed by atoms with van der Waals surface area (Å²) in [5.74, 6) is -1.12. The summed E-state index contributed by atoms with van der Waals surface area (Å²) in [6, 6.07) is 14.0. The molecule has 2 aromatic carbocycles. The Labute approximate surface area is 186 Å². The largest absolute Gasteiger partial charge is 0.455 e. The van der Waals surface area contributed by atoms with Gasteiger partial charge in [-0.1, -0.05) is 48.7 Å². The number of carbonyl (C=O) groups excluding carboxylic acids is 2. The van der Waals surface area contributed by atoms with Gasteiger partial charge < -0.3 is 14.5 Å². The van der Waals surface area contributed by atoms with Crippen LogP contribution in [0, 0.1) is 5.82 Å². The van der Waals surface area contributed by atoms with Crippen molar-refractivity contribution in [2.75, 3.05) is 37.7 Å². The molecule has 0 spiro atoms. The highest BCUT2D eigenvalue weighted by molar-refractivity contribution is 6.30. The zero-order valence-electron chi connectivity index (χ0n) is 17.4. The molecule has 5 nitrogen and oxygen atoms in total. The lowest BCUT2D eigenvalue weighted by Crippen LogP contribution is -2.50. The standard InChI is InChI=1S/C24H26ClFN2O3/c25-18-6-5-7-19(16-18)27-12-14-28(15-13-27)22(29)17-31-23(30)24(10-3-4-11-24)20-8-1-2-9-21(20)26/h1-2,5-9,16H,3-4,10-15,17H2. The van der Waals surface area contributed by atoms with E-state index in [4.69, 9.17) is 16.3 Å². The summed E-state index contributed by atoms with van der Waals surface area (Å²) in [5.41, 5.74) is 0.413. The van der Waals surface area contributed by atoms with Crippen molar-refractivity contribution in [1.29, 1.82) is 0 Å². The van der Waals surface area contributed by atoms with E-state index in [-0.39, 0.29) is 12.5 Å². The number of amides is 1. The molecular weight excluding hydrogens is 419 g/mol. The minimum atomic E-state index is -0.989. The number of piperazine rings is 1. The molecule has 0 radical (unpaired) electrons. The molecule has 1 amide bonds. The van der Waals surface area contributed by atoms with E-state index in [1.807, 2.05) is 24.3 Å². The van der Waals surface area contributed by atoms with Crippen molar-refractivity contribution < 1.29 is 18.7 Å². The van der Waals surface area contributed by atoms with Crippen LogP contribution in [0.3, 0.4) is 0 Å². The molecule has 1 aliphatic carbocycles. The fraction of sp³-hybridized carbons (Fsp3) is 0.417. The maximum absolute atomic E-state index is 14.4. The lowest BCUT2D eigenvalue weighted by atomic mass is 9.78. The van der Waals surface area contributed by atoms with Gasteiger partial charge in [-0.15, -0.1) is 0 Å². The third-order valence-corrected chi connectivity index (χ3v) is 6.60. The summed E-state index contributed by atoms with van der Waals surface area (Å²) in [6.45, 7) is 2.13. The lowest BCUT2D eigenvalue weighted by Gasteiger charge is -2.36. The molecule has 1 heterocycles. The second kappa shape index (κ2) is 9.27. The summed E-state index contributed by atoms with van der Waals surface area (Å²) >= 11 is 6.07. The topological polar surface area (TPSA) is 49.9 Å². The van der Waals surface area contributed by atoms with E-state index in [9.17, 15) is 14.0 Å². The summed E-state index contributed by atoms with van der Waals surface area (Å²) in [7, 11) is 0. The maximum Gasteiger partial charge on any atom is 0.317 e. The van der Waals surface area contributed by atoms with Crippen molar-refractivity contribution in [1.82, 2.24) is 4.90 Å². The van der Waals surface area contributed by atoms with Crippen LogP contribution in [0.2, 0.25) is 5.02 Å². The molecule has 1 saturated heterocycles. The molecule has 164 valence electrons. The van der Waals surface area contributed by atoms with Crippen molar-refractivity contribution in [2.24, 2.45) is 0 Å². The second-order valence-electron chi connectivity index (χ2n) is 8.19. The van der Waals surface area contributed by atoms with Crippen molar-refractivity contribution in [3.05, 3.63) is 64.9 Å². The van der Waals surface area contributed by atoms with E-state index in [1.54, 1.807) is 23.1 Å². The van der Waals surface area contributed by atoms with Gasteiger partial charge in [0.1, 0.15) is 5.82 Å². The van der Waals surface area contributed by atoms with E-state index in [1.165, 1.54) is 6.07 Å². The minimum Gasteiger partial charge on any atom is -0.455 e. The summed E-state index contributed by atoms with van der Waals surface area (Å²) in [4.78, 5) is 29.5. The number of halogens is 2. The maximum atomic E-state index is 14.4. The number of benzene rings is 2. The van der Waals surface area contributed by atoms with E-state index >= 15 is 0 Å². The number of hydrogen-bond acceptors (Lipinski definition) is 4. The molecule has 31 heavy (non-hydrogen) atoms. The Kier molecular flexibility index (Phi) is 6.46. The van der Waals surface area contributed by atoms with E-state index in [0.29, 0.717) is 49.6 Å². The summed E-state index contributed by atoms with van der Waals surface area (Å²) < 4.78 is 19.9. The van der Waals surface area contributed by atoms with Crippen LogP contribution in [0.15, 0.2) is 48.5 Å². The first-order valence-corrected chi connectivity index (χ1v) is 11.1. The molecule has 0 aromatic heterocycles. The number of hydrogen-bond donors (Lipinski definition) is 0. The van der Waals surface area contributed by atoms with Gasteiger partial charge in [0.05, 0.1) is 5.41 Å². The van der Waals surface area contributed by atoms with Gasteiger partial charge in [-0.2, -0.15) is 0 Å². The Hall–Kier alpha value is -2.60. The van der Waals surface area contributed by atoms with E-state index in [2.05, 4.69) is 4.90 Å². The van der Waals surface area contributed by atoms with Crippen LogP contribution in [-0.2, 0) is 19.7 Å². The van der Waals surface area contributed by atoms with Crippen molar-refractivity contribution in [2.45, 2.75) is 31.1 Å². The van der Waals surface area contributed by atoms with Crippen molar-refractivity contribution in [3.8, 4) is 0 Å². The zero-order chi connectivity index (χ0) is 21.8. The quantitative estimate of drug-likeness (QED) is 0.649. The van der Waals surface area contributed by atoms with Gasteiger partial charge in [0.25, 0.3) is 5.91 Å². The van der Waals surface area contributed by atoms with E-state index < -0.39 is 17.2 Å². The highest BCUT2D eigenvalue weighted by atomic mass is 35.5. The zero-order valence-corrected chi connectivity index (χ0v) is 18.1. The third-order valence-electron chi connectivity index (χ3n) is 6.37. The smallest absolute Gasteiger partial charge is 0.317 e. The molecule has 2 aromatic rings. The molecule has 0 bridgehead atoms. The molecule has 1 aliphatic heterocycles. The van der Waals surface area contributed by atoms with Crippen LogP contribution in [-0.4, -0.2) is 49.6 Å². The lowest BCUT2D eigenvalue weighted by molar-refractivity contribution is -0.157. The highest BCUT2D eigenvalue weighted by Crippen LogP contribution is 2.43. The van der Waals surface area contributed by atoms with Crippen LogP contribution >= 0.6 is 11.6 Å². The molecular formula is C24H26ClFN2O3. The first-order valence-electron chi connectivity index (χ1n) is 10.7. The first kappa shape index (κ1) is 21.6. The van der Waals surface area contributed by atoms with Crippen LogP contribution in [0.5, 0.6) is 0 Å². The summed E-state index contributed by atoms with van der Waals surface area (Å²) in [5, 5.41) is 0.679. The number of nitrogens with zero attached hydrogens (tertiary/aromatic N) is 2. The van der Waals surface area contributed by atoms with Crippen LogP contribution in [0.25, 0.3) is 0 Å². The monoisotopic (exact) mass is 444 g/mol. The van der Waals surface area contributed by atoms with Crippen molar-refractivity contribution >= 4 is 29.2 Å². The van der Waals surface area contributed by atoms with Gasteiger partial charge in [-0.05, 0) is 37.1 Å². The Balaban J connectivity index is 1.34. The number of rotatable bonds is 5. The number of ether oxygens (including phenoxy) is 1. The first-order chi connectivity index (χ1) is 15.0. The van der Waals surface area contributed by atoms with Gasteiger partial charge in [-0.3, -0.25) is 9.59 Å². The molecule has 0 unspecified atom stereocenters. The van der Waals surface area contributed by atoms with Gasteiger partial charge >= 0.3 is 5.97 Å². The average Bonchev–Trinajstić information content (AvgIpc) is 3.29. The Morgan fingerprint density at radius 1 is 1.00 bits per heavy atom. The van der Waals surface area contributed by atoms with Gasteiger partial charge in [0.2, 0.25) is 0 Å². The average molecular weight is 445 g/mol.